The van der Waals surface area contributed by atoms with Crippen LogP contribution in [0.5, 0.6) is 5.75 Å². The van der Waals surface area contributed by atoms with Crippen molar-refractivity contribution in [3.05, 3.63) is 59.5 Å². The molecule has 4 N–H and O–H groups in total. The topological polar surface area (TPSA) is 129 Å². The zero-order valence-electron chi connectivity index (χ0n) is 20.8. The van der Waals surface area contributed by atoms with Gasteiger partial charge in [-0.2, -0.15) is 5.10 Å². The molecule has 190 valence electrons. The molecular formula is C27H30N8O2. The Morgan fingerprint density at radius 1 is 1.11 bits per heavy atom. The normalized spacial score (nSPS) is 21.1. The van der Waals surface area contributed by atoms with Crippen molar-refractivity contribution in [2.24, 2.45) is 5.73 Å². The number of anilines is 3. The number of nitrogens with one attached hydrogen (secondary N) is 1. The molecule has 1 fully saturated rings. The standard InChI is InChI=1S/C27H30N8O2/c1-16(36)21-25(34-14-10-27(11-15-34)23(28)17-6-2-3-9-20(17)37-27)31-24-22(30-21)26(33-32-24)35-13-5-7-18-19(35)8-4-12-29-18/h2-4,6,8-9,12,16,23,36H,5,7,10-11,13-15,28H2,1H3,(H,31,32,33)/t16-,23+/m0/s1. The molecule has 0 amide bonds. The summed E-state index contributed by atoms with van der Waals surface area (Å²) in [5.41, 5.74) is 11.2. The molecule has 0 unspecified atom stereocenters. The van der Waals surface area contributed by atoms with Gasteiger partial charge < -0.3 is 25.4 Å². The number of aromatic nitrogens is 5. The Balaban J connectivity index is 1.21. The Morgan fingerprint density at radius 3 is 2.76 bits per heavy atom. The van der Waals surface area contributed by atoms with Gasteiger partial charge in [0.15, 0.2) is 22.8 Å². The summed E-state index contributed by atoms with van der Waals surface area (Å²) in [5, 5.41) is 18.4. The monoisotopic (exact) mass is 498 g/mol. The van der Waals surface area contributed by atoms with Gasteiger partial charge in [-0.3, -0.25) is 10.1 Å². The number of benzene rings is 1. The van der Waals surface area contributed by atoms with E-state index in [1.54, 1.807) is 6.92 Å². The van der Waals surface area contributed by atoms with Crippen LogP contribution in [-0.4, -0.2) is 55.5 Å². The maximum atomic E-state index is 10.7. The number of aryl methyl sites for hydroxylation is 1. The van der Waals surface area contributed by atoms with Crippen molar-refractivity contribution in [1.29, 1.82) is 0 Å². The summed E-state index contributed by atoms with van der Waals surface area (Å²) in [6, 6.07) is 11.9. The summed E-state index contributed by atoms with van der Waals surface area (Å²) in [7, 11) is 0. The summed E-state index contributed by atoms with van der Waals surface area (Å²) in [5.74, 6) is 2.27. The summed E-state index contributed by atoms with van der Waals surface area (Å²) < 4.78 is 6.42. The van der Waals surface area contributed by atoms with Gasteiger partial charge in [0.05, 0.1) is 23.5 Å². The molecular weight excluding hydrogens is 468 g/mol. The lowest BCUT2D eigenvalue weighted by atomic mass is 9.83. The van der Waals surface area contributed by atoms with E-state index in [2.05, 4.69) is 37.1 Å². The average Bonchev–Trinajstić information content (AvgIpc) is 3.46. The van der Waals surface area contributed by atoms with E-state index in [0.717, 1.165) is 54.9 Å². The number of nitrogens with zero attached hydrogens (tertiary/aromatic N) is 6. The third-order valence-corrected chi connectivity index (χ3v) is 8.03. The van der Waals surface area contributed by atoms with E-state index in [-0.39, 0.29) is 6.04 Å². The molecule has 4 aromatic rings. The molecule has 3 aromatic heterocycles. The second kappa shape index (κ2) is 8.39. The second-order valence-corrected chi connectivity index (χ2v) is 10.2. The molecule has 37 heavy (non-hydrogen) atoms. The minimum atomic E-state index is -0.782. The van der Waals surface area contributed by atoms with Crippen molar-refractivity contribution < 1.29 is 9.84 Å². The van der Waals surface area contributed by atoms with Gasteiger partial charge in [0.1, 0.15) is 17.0 Å². The van der Waals surface area contributed by atoms with E-state index in [0.29, 0.717) is 41.6 Å². The van der Waals surface area contributed by atoms with Gasteiger partial charge in [0, 0.05) is 44.2 Å². The fraction of sp³-hybridized carbons (Fsp3) is 0.407. The van der Waals surface area contributed by atoms with Crippen LogP contribution in [0.15, 0.2) is 42.6 Å². The summed E-state index contributed by atoms with van der Waals surface area (Å²) >= 11 is 0. The van der Waals surface area contributed by atoms with Crippen LogP contribution in [0.3, 0.4) is 0 Å². The molecule has 0 aliphatic carbocycles. The Kier molecular flexibility index (Phi) is 5.09. The highest BCUT2D eigenvalue weighted by molar-refractivity contribution is 5.88. The number of fused-ring (bicyclic) bond motifs is 3. The number of para-hydroxylation sites is 1. The lowest BCUT2D eigenvalue weighted by Gasteiger charge is -2.41. The van der Waals surface area contributed by atoms with Crippen molar-refractivity contribution in [3.8, 4) is 5.75 Å². The van der Waals surface area contributed by atoms with Gasteiger partial charge in [-0.05, 0) is 38.0 Å². The lowest BCUT2D eigenvalue weighted by Crippen LogP contribution is -2.51. The van der Waals surface area contributed by atoms with Crippen molar-refractivity contribution in [2.45, 2.75) is 50.4 Å². The molecule has 0 bridgehead atoms. The number of hydrogen-bond donors (Lipinski definition) is 3. The van der Waals surface area contributed by atoms with Crippen LogP contribution >= 0.6 is 0 Å². The number of nitrogens with two attached hydrogens (primary N) is 1. The number of hydrogen-bond acceptors (Lipinski definition) is 9. The Labute approximate surface area is 214 Å². The minimum Gasteiger partial charge on any atom is -0.485 e. The van der Waals surface area contributed by atoms with E-state index < -0.39 is 11.7 Å². The summed E-state index contributed by atoms with van der Waals surface area (Å²) in [6.45, 7) is 3.96. The predicted octanol–water partition coefficient (Wildman–Crippen LogP) is 3.32. The SMILES string of the molecule is C[C@H](O)c1nc2c(N3CCCc4ncccc43)n[nH]c2nc1N1CCC2(CC1)Oc1ccccc1[C@H]2N. The quantitative estimate of drug-likeness (QED) is 0.389. The van der Waals surface area contributed by atoms with Gasteiger partial charge in [-0.15, -0.1) is 0 Å². The highest BCUT2D eigenvalue weighted by atomic mass is 16.5. The highest BCUT2D eigenvalue weighted by Crippen LogP contribution is 2.47. The molecule has 10 heteroatoms. The maximum Gasteiger partial charge on any atom is 0.183 e. The number of aliphatic hydroxyl groups excluding tert-OH is 1. The van der Waals surface area contributed by atoms with Gasteiger partial charge in [0.2, 0.25) is 0 Å². The Morgan fingerprint density at radius 2 is 1.95 bits per heavy atom. The van der Waals surface area contributed by atoms with Crippen LogP contribution in [0.2, 0.25) is 0 Å². The Bertz CT molecular complexity index is 1480. The largest absolute Gasteiger partial charge is 0.485 e. The first-order valence-corrected chi connectivity index (χ1v) is 13.0. The molecule has 0 radical (unpaired) electrons. The van der Waals surface area contributed by atoms with E-state index in [9.17, 15) is 5.11 Å². The third kappa shape index (κ3) is 3.47. The second-order valence-electron chi connectivity index (χ2n) is 10.2. The van der Waals surface area contributed by atoms with Gasteiger partial charge in [-0.1, -0.05) is 18.2 Å². The molecule has 6 heterocycles. The number of ether oxygens (including phenoxy) is 1. The number of rotatable bonds is 3. The summed E-state index contributed by atoms with van der Waals surface area (Å²) in [4.78, 5) is 18.7. The summed E-state index contributed by atoms with van der Waals surface area (Å²) in [6.07, 6.45) is 4.49. The first kappa shape index (κ1) is 22.4. The van der Waals surface area contributed by atoms with Crippen molar-refractivity contribution >= 4 is 28.5 Å². The van der Waals surface area contributed by atoms with Crippen molar-refractivity contribution in [1.82, 2.24) is 25.1 Å². The smallest absolute Gasteiger partial charge is 0.183 e. The van der Waals surface area contributed by atoms with E-state index in [4.69, 9.17) is 20.4 Å². The molecule has 1 saturated heterocycles. The average molecular weight is 499 g/mol. The van der Waals surface area contributed by atoms with E-state index >= 15 is 0 Å². The molecule has 1 spiro atoms. The zero-order valence-corrected chi connectivity index (χ0v) is 20.8. The molecule has 0 saturated carbocycles. The number of aliphatic hydroxyl groups is 1. The van der Waals surface area contributed by atoms with Gasteiger partial charge in [-0.25, -0.2) is 9.97 Å². The van der Waals surface area contributed by atoms with Crippen LogP contribution in [0, 0.1) is 0 Å². The van der Waals surface area contributed by atoms with Crippen LogP contribution < -0.4 is 20.3 Å². The maximum absolute atomic E-state index is 10.7. The molecule has 2 atom stereocenters. The first-order valence-electron chi connectivity index (χ1n) is 13.0. The zero-order chi connectivity index (χ0) is 25.1. The predicted molar refractivity (Wildman–Crippen MR) is 140 cm³/mol. The number of pyridine rings is 1. The minimum absolute atomic E-state index is 0.160. The van der Waals surface area contributed by atoms with Gasteiger partial charge in [0.25, 0.3) is 0 Å². The van der Waals surface area contributed by atoms with Crippen molar-refractivity contribution in [3.63, 3.8) is 0 Å². The molecule has 7 rings (SSSR count). The highest BCUT2D eigenvalue weighted by Gasteiger charge is 2.48. The van der Waals surface area contributed by atoms with Crippen LogP contribution in [0.4, 0.5) is 17.3 Å². The number of aromatic amines is 1. The number of piperidine rings is 1. The first-order chi connectivity index (χ1) is 18.0. The molecule has 3 aliphatic heterocycles. The van der Waals surface area contributed by atoms with Crippen LogP contribution in [0.25, 0.3) is 11.2 Å². The number of H-pyrrole nitrogens is 1. The fourth-order valence-corrected chi connectivity index (χ4v) is 6.05. The molecule has 3 aliphatic rings. The van der Waals surface area contributed by atoms with Crippen molar-refractivity contribution in [2.75, 3.05) is 29.4 Å². The fourth-order valence-electron chi connectivity index (χ4n) is 6.05. The lowest BCUT2D eigenvalue weighted by molar-refractivity contribution is 0.0430. The van der Waals surface area contributed by atoms with Crippen LogP contribution in [0.1, 0.15) is 55.3 Å². The van der Waals surface area contributed by atoms with Gasteiger partial charge >= 0.3 is 0 Å². The van der Waals surface area contributed by atoms with Crippen LogP contribution in [-0.2, 0) is 6.42 Å². The molecule has 1 aromatic carbocycles. The molecule has 10 nitrogen and oxygen atoms in total. The third-order valence-electron chi connectivity index (χ3n) is 8.03. The van der Waals surface area contributed by atoms with E-state index in [1.165, 1.54) is 0 Å². The Hall–Kier alpha value is -3.76. The van der Waals surface area contributed by atoms with E-state index in [1.807, 2.05) is 30.5 Å².